The van der Waals surface area contributed by atoms with E-state index in [1.807, 2.05) is 6.92 Å². The Morgan fingerprint density at radius 2 is 1.74 bits per heavy atom. The fourth-order valence-electron chi connectivity index (χ4n) is 2.19. The third kappa shape index (κ3) is 2.40. The van der Waals surface area contributed by atoms with Crippen molar-refractivity contribution < 1.29 is 19.1 Å². The molecule has 1 aliphatic carbocycles. The number of rotatable bonds is 3. The third-order valence-corrected chi connectivity index (χ3v) is 4.13. The minimum Gasteiger partial charge on any atom is -0.466 e. The van der Waals surface area contributed by atoms with Crippen molar-refractivity contribution in [3.05, 3.63) is 27.3 Å². The lowest BCUT2D eigenvalue weighted by atomic mass is 9.89. The number of fused-ring (bicyclic) bond motifs is 1. The lowest BCUT2D eigenvalue weighted by molar-refractivity contribution is -0.139. The number of ether oxygens (including phenoxy) is 2. The van der Waals surface area contributed by atoms with Gasteiger partial charge in [0.2, 0.25) is 0 Å². The first-order chi connectivity index (χ1) is 9.12. The van der Waals surface area contributed by atoms with Gasteiger partial charge in [0.15, 0.2) is 0 Å². The van der Waals surface area contributed by atoms with Gasteiger partial charge in [0.05, 0.1) is 31.1 Å². The quantitative estimate of drug-likeness (QED) is 0.784. The van der Waals surface area contributed by atoms with Crippen molar-refractivity contribution in [2.75, 3.05) is 14.2 Å². The molecule has 0 radical (unpaired) electrons. The largest absolute Gasteiger partial charge is 0.466 e. The first-order valence-corrected chi connectivity index (χ1v) is 6.74. The maximum absolute atomic E-state index is 11.8. The standard InChI is InChI=1S/C13H15NO4S/c1-4-10-9-5-7(12(15)17-2)8(13(16)18-3)6-11(9)19-14-10/h4-6H2,1-3H3. The van der Waals surface area contributed by atoms with Crippen molar-refractivity contribution in [1.29, 1.82) is 0 Å². The van der Waals surface area contributed by atoms with Crippen LogP contribution in [0.25, 0.3) is 0 Å². The summed E-state index contributed by atoms with van der Waals surface area (Å²) in [6, 6.07) is 0. The topological polar surface area (TPSA) is 65.5 Å². The Hall–Kier alpha value is -1.69. The number of carbonyl (C=O) groups is 2. The van der Waals surface area contributed by atoms with E-state index < -0.39 is 11.9 Å². The molecule has 2 rings (SSSR count). The summed E-state index contributed by atoms with van der Waals surface area (Å²) in [5.74, 6) is -0.947. The zero-order valence-corrected chi connectivity index (χ0v) is 11.9. The van der Waals surface area contributed by atoms with Gasteiger partial charge in [-0.2, -0.15) is 4.37 Å². The van der Waals surface area contributed by atoms with Crippen molar-refractivity contribution in [3.8, 4) is 0 Å². The molecule has 102 valence electrons. The predicted octanol–water partition coefficient (Wildman–Crippen LogP) is 1.45. The zero-order valence-electron chi connectivity index (χ0n) is 11.1. The first-order valence-electron chi connectivity index (χ1n) is 5.97. The summed E-state index contributed by atoms with van der Waals surface area (Å²) in [7, 11) is 2.62. The van der Waals surface area contributed by atoms with E-state index in [-0.39, 0.29) is 0 Å². The van der Waals surface area contributed by atoms with Gasteiger partial charge >= 0.3 is 11.9 Å². The number of aryl methyl sites for hydroxylation is 1. The van der Waals surface area contributed by atoms with Gasteiger partial charge in [0, 0.05) is 17.7 Å². The summed E-state index contributed by atoms with van der Waals surface area (Å²) in [6.45, 7) is 2.02. The smallest absolute Gasteiger partial charge is 0.334 e. The highest BCUT2D eigenvalue weighted by Gasteiger charge is 2.30. The molecule has 6 heteroatoms. The lowest BCUT2D eigenvalue weighted by Crippen LogP contribution is -2.21. The van der Waals surface area contributed by atoms with E-state index in [2.05, 4.69) is 4.37 Å². The highest BCUT2D eigenvalue weighted by Crippen LogP contribution is 2.32. The molecular weight excluding hydrogens is 266 g/mol. The second-order valence-corrected chi connectivity index (χ2v) is 5.04. The highest BCUT2D eigenvalue weighted by molar-refractivity contribution is 7.06. The summed E-state index contributed by atoms with van der Waals surface area (Å²) in [4.78, 5) is 24.6. The van der Waals surface area contributed by atoms with E-state index in [0.717, 1.165) is 22.6 Å². The number of hydrogen-bond donors (Lipinski definition) is 0. The number of carbonyl (C=O) groups excluding carboxylic acids is 2. The second-order valence-electron chi connectivity index (χ2n) is 4.18. The molecule has 1 heterocycles. The van der Waals surface area contributed by atoms with Gasteiger partial charge in [-0.15, -0.1) is 0 Å². The van der Waals surface area contributed by atoms with E-state index in [1.165, 1.54) is 25.8 Å². The van der Waals surface area contributed by atoms with Crippen LogP contribution in [0.4, 0.5) is 0 Å². The summed E-state index contributed by atoms with van der Waals surface area (Å²) in [6.07, 6.45) is 1.60. The van der Waals surface area contributed by atoms with Crippen LogP contribution in [0.2, 0.25) is 0 Å². The van der Waals surface area contributed by atoms with Crippen LogP contribution in [0, 0.1) is 0 Å². The van der Waals surface area contributed by atoms with Gasteiger partial charge in [0.1, 0.15) is 0 Å². The Balaban J connectivity index is 2.45. The van der Waals surface area contributed by atoms with Gasteiger partial charge in [-0.05, 0) is 23.5 Å². The maximum Gasteiger partial charge on any atom is 0.334 e. The van der Waals surface area contributed by atoms with Crippen molar-refractivity contribution in [2.24, 2.45) is 0 Å². The molecule has 5 nitrogen and oxygen atoms in total. The van der Waals surface area contributed by atoms with E-state index in [9.17, 15) is 9.59 Å². The van der Waals surface area contributed by atoms with E-state index in [0.29, 0.717) is 24.0 Å². The second kappa shape index (κ2) is 5.52. The molecule has 0 fully saturated rings. The van der Waals surface area contributed by atoms with Crippen molar-refractivity contribution in [3.63, 3.8) is 0 Å². The van der Waals surface area contributed by atoms with Crippen LogP contribution < -0.4 is 0 Å². The Kier molecular flexibility index (Phi) is 3.99. The summed E-state index contributed by atoms with van der Waals surface area (Å²) in [5, 5.41) is 0. The van der Waals surface area contributed by atoms with Crippen LogP contribution in [0.5, 0.6) is 0 Å². The predicted molar refractivity (Wildman–Crippen MR) is 70.0 cm³/mol. The molecule has 19 heavy (non-hydrogen) atoms. The molecule has 0 aromatic carbocycles. The Morgan fingerprint density at radius 1 is 1.16 bits per heavy atom. The fraction of sp³-hybridized carbons (Fsp3) is 0.462. The maximum atomic E-state index is 11.8. The molecule has 0 atom stereocenters. The number of hydrogen-bond acceptors (Lipinski definition) is 6. The van der Waals surface area contributed by atoms with Crippen LogP contribution in [-0.2, 0) is 38.3 Å². The van der Waals surface area contributed by atoms with E-state index in [4.69, 9.17) is 9.47 Å². The van der Waals surface area contributed by atoms with Crippen molar-refractivity contribution >= 4 is 23.5 Å². The molecule has 0 N–H and O–H groups in total. The molecule has 0 aliphatic heterocycles. The van der Waals surface area contributed by atoms with Crippen molar-refractivity contribution in [1.82, 2.24) is 4.37 Å². The van der Waals surface area contributed by atoms with Gasteiger partial charge in [-0.25, -0.2) is 9.59 Å². The number of nitrogens with zero attached hydrogens (tertiary/aromatic N) is 1. The average Bonchev–Trinajstić information content (AvgIpc) is 2.86. The molecule has 0 bridgehead atoms. The van der Waals surface area contributed by atoms with E-state index >= 15 is 0 Å². The average molecular weight is 281 g/mol. The third-order valence-electron chi connectivity index (χ3n) is 3.20. The molecule has 0 amide bonds. The van der Waals surface area contributed by atoms with Crippen LogP contribution in [0.3, 0.4) is 0 Å². The zero-order chi connectivity index (χ0) is 14.0. The van der Waals surface area contributed by atoms with Crippen LogP contribution in [-0.4, -0.2) is 30.5 Å². The summed E-state index contributed by atoms with van der Waals surface area (Å²) < 4.78 is 13.9. The molecule has 0 spiro atoms. The number of methoxy groups -OCH3 is 2. The minimum absolute atomic E-state index is 0.383. The molecule has 1 aromatic heterocycles. The molecular formula is C13H15NO4S. The van der Waals surface area contributed by atoms with Gasteiger partial charge in [0.25, 0.3) is 0 Å². The fourth-order valence-corrected chi connectivity index (χ4v) is 3.16. The Morgan fingerprint density at radius 3 is 2.26 bits per heavy atom. The van der Waals surface area contributed by atoms with Gasteiger partial charge in [-0.3, -0.25) is 0 Å². The van der Waals surface area contributed by atoms with Crippen LogP contribution >= 0.6 is 11.5 Å². The van der Waals surface area contributed by atoms with E-state index in [1.54, 1.807) is 0 Å². The van der Waals surface area contributed by atoms with Crippen molar-refractivity contribution in [2.45, 2.75) is 26.2 Å². The molecule has 1 aromatic rings. The van der Waals surface area contributed by atoms with Crippen LogP contribution in [0.15, 0.2) is 11.1 Å². The number of esters is 2. The Bertz CT molecular complexity index is 559. The summed E-state index contributed by atoms with van der Waals surface area (Å²) in [5.41, 5.74) is 2.82. The summed E-state index contributed by atoms with van der Waals surface area (Å²) >= 11 is 1.39. The number of aromatic nitrogens is 1. The molecule has 0 unspecified atom stereocenters. The first kappa shape index (κ1) is 13.7. The van der Waals surface area contributed by atoms with Gasteiger partial charge < -0.3 is 9.47 Å². The Labute approximate surface area is 115 Å². The normalized spacial score (nSPS) is 14.1. The molecule has 0 saturated heterocycles. The lowest BCUT2D eigenvalue weighted by Gasteiger charge is -2.17. The highest BCUT2D eigenvalue weighted by atomic mass is 32.1. The molecule has 1 aliphatic rings. The van der Waals surface area contributed by atoms with Gasteiger partial charge in [-0.1, -0.05) is 6.92 Å². The monoisotopic (exact) mass is 281 g/mol. The van der Waals surface area contributed by atoms with Crippen LogP contribution in [0.1, 0.15) is 23.1 Å². The SMILES string of the molecule is CCc1nsc2c1CC(C(=O)OC)=C(C(=O)OC)C2. The molecule has 0 saturated carbocycles. The minimum atomic E-state index is -0.475.